The van der Waals surface area contributed by atoms with Crippen LogP contribution in [0.2, 0.25) is 5.02 Å². The van der Waals surface area contributed by atoms with Crippen molar-refractivity contribution in [2.24, 2.45) is 16.5 Å². The van der Waals surface area contributed by atoms with E-state index in [4.69, 9.17) is 23.1 Å². The predicted molar refractivity (Wildman–Crippen MR) is 94.1 cm³/mol. The fourth-order valence-corrected chi connectivity index (χ4v) is 2.80. The summed E-state index contributed by atoms with van der Waals surface area (Å²) in [6.45, 7) is 0. The molecule has 2 amide bonds. The largest absolute Gasteiger partial charge is 0.370 e. The average molecular weight is 361 g/mol. The number of halogens is 1. The van der Waals surface area contributed by atoms with Crippen LogP contribution >= 0.6 is 11.6 Å². The Kier molecular flexibility index (Phi) is 4.45. The van der Waals surface area contributed by atoms with Gasteiger partial charge in [-0.25, -0.2) is 4.68 Å². The Morgan fingerprint density at radius 2 is 2.08 bits per heavy atom. The van der Waals surface area contributed by atoms with Gasteiger partial charge in [0.15, 0.2) is 5.96 Å². The molecule has 1 heterocycles. The first-order chi connectivity index (χ1) is 11.9. The van der Waals surface area contributed by atoms with E-state index in [0.717, 1.165) is 12.8 Å². The number of nitrogens with two attached hydrogens (primary N) is 2. The van der Waals surface area contributed by atoms with Gasteiger partial charge in [0, 0.05) is 18.5 Å². The summed E-state index contributed by atoms with van der Waals surface area (Å²) in [4.78, 5) is 27.7. The quantitative estimate of drug-likeness (QED) is 0.557. The van der Waals surface area contributed by atoms with E-state index >= 15 is 0 Å². The molecule has 1 aliphatic carbocycles. The van der Waals surface area contributed by atoms with Gasteiger partial charge in [-0.05, 0) is 31.0 Å². The van der Waals surface area contributed by atoms with Gasteiger partial charge >= 0.3 is 0 Å². The third-order valence-electron chi connectivity index (χ3n) is 3.90. The van der Waals surface area contributed by atoms with Crippen LogP contribution in [0, 0.1) is 0 Å². The average Bonchev–Trinajstić information content (AvgIpc) is 3.32. The summed E-state index contributed by atoms with van der Waals surface area (Å²) in [6.07, 6.45) is 3.28. The van der Waals surface area contributed by atoms with Gasteiger partial charge in [-0.1, -0.05) is 11.6 Å². The SMILES string of the molecule is CNC(=O)c1ccc(Cl)c(-n2ncc(C(=O)N=C(N)N)c2C2CC2)c1. The third-order valence-corrected chi connectivity index (χ3v) is 4.21. The van der Waals surface area contributed by atoms with E-state index < -0.39 is 5.91 Å². The molecule has 1 saturated carbocycles. The second-order valence-electron chi connectivity index (χ2n) is 5.72. The van der Waals surface area contributed by atoms with E-state index in [1.807, 2.05) is 0 Å². The van der Waals surface area contributed by atoms with Gasteiger partial charge in [0.25, 0.3) is 11.8 Å². The lowest BCUT2D eigenvalue weighted by Crippen LogP contribution is -2.24. The van der Waals surface area contributed by atoms with Gasteiger partial charge in [-0.2, -0.15) is 10.1 Å². The Bertz CT molecular complexity index is 881. The summed E-state index contributed by atoms with van der Waals surface area (Å²) < 4.78 is 1.59. The Labute approximate surface area is 148 Å². The predicted octanol–water partition coefficient (Wildman–Crippen LogP) is 1.18. The van der Waals surface area contributed by atoms with E-state index in [1.54, 1.807) is 29.9 Å². The maximum atomic E-state index is 12.3. The molecule has 1 aliphatic rings. The molecule has 25 heavy (non-hydrogen) atoms. The molecule has 5 N–H and O–H groups in total. The fraction of sp³-hybridized carbons (Fsp3) is 0.250. The number of benzene rings is 1. The smallest absolute Gasteiger partial charge is 0.283 e. The molecule has 0 radical (unpaired) electrons. The first-order valence-corrected chi connectivity index (χ1v) is 8.04. The fourth-order valence-electron chi connectivity index (χ4n) is 2.60. The maximum absolute atomic E-state index is 12.3. The van der Waals surface area contributed by atoms with Crippen molar-refractivity contribution in [1.82, 2.24) is 15.1 Å². The summed E-state index contributed by atoms with van der Waals surface area (Å²) >= 11 is 6.30. The van der Waals surface area contributed by atoms with Crippen molar-refractivity contribution in [2.75, 3.05) is 7.05 Å². The second-order valence-corrected chi connectivity index (χ2v) is 6.12. The van der Waals surface area contributed by atoms with E-state index in [0.29, 0.717) is 27.5 Å². The van der Waals surface area contributed by atoms with Crippen molar-refractivity contribution in [3.63, 3.8) is 0 Å². The van der Waals surface area contributed by atoms with Gasteiger partial charge in [0.05, 0.1) is 28.2 Å². The minimum Gasteiger partial charge on any atom is -0.370 e. The number of nitrogens with one attached hydrogen (secondary N) is 1. The monoisotopic (exact) mass is 360 g/mol. The molecule has 9 heteroatoms. The molecule has 0 bridgehead atoms. The number of hydrogen-bond acceptors (Lipinski definition) is 3. The van der Waals surface area contributed by atoms with Crippen LogP contribution in [0.5, 0.6) is 0 Å². The number of nitrogens with zero attached hydrogens (tertiary/aromatic N) is 3. The normalized spacial score (nSPS) is 13.4. The Hall–Kier alpha value is -2.87. The molecule has 0 aliphatic heterocycles. The van der Waals surface area contributed by atoms with Crippen LogP contribution in [-0.4, -0.2) is 34.6 Å². The molecule has 0 spiro atoms. The maximum Gasteiger partial charge on any atom is 0.283 e. The number of aliphatic imine (C=N–C) groups is 1. The van der Waals surface area contributed by atoms with Gasteiger partial charge in [0.2, 0.25) is 0 Å². The van der Waals surface area contributed by atoms with Gasteiger partial charge in [-0.15, -0.1) is 0 Å². The number of carbonyl (C=O) groups excluding carboxylic acids is 2. The Morgan fingerprint density at radius 3 is 2.68 bits per heavy atom. The lowest BCUT2D eigenvalue weighted by molar-refractivity contribution is 0.0961. The highest BCUT2D eigenvalue weighted by Gasteiger charge is 2.33. The van der Waals surface area contributed by atoms with Crippen LogP contribution in [0.15, 0.2) is 29.4 Å². The van der Waals surface area contributed by atoms with E-state index in [-0.39, 0.29) is 17.8 Å². The van der Waals surface area contributed by atoms with Crippen molar-refractivity contribution in [3.05, 3.63) is 46.2 Å². The topological polar surface area (TPSA) is 128 Å². The standard InChI is InChI=1S/C16H17ClN6O2/c1-20-14(24)9-4-5-11(17)12(6-9)23-13(8-2-3-8)10(7-21-23)15(25)22-16(18)19/h4-8H,2-3H2,1H3,(H,20,24)(H4,18,19,22,25). The first-order valence-electron chi connectivity index (χ1n) is 7.66. The van der Waals surface area contributed by atoms with Gasteiger partial charge in [-0.3, -0.25) is 9.59 Å². The summed E-state index contributed by atoms with van der Waals surface area (Å²) in [5, 5.41) is 7.27. The molecule has 1 fully saturated rings. The first kappa shape index (κ1) is 17.0. The second kappa shape index (κ2) is 6.56. The molecule has 3 rings (SSSR count). The number of hydrogen-bond donors (Lipinski definition) is 3. The minimum absolute atomic E-state index is 0.176. The molecule has 8 nitrogen and oxygen atoms in total. The van der Waals surface area contributed by atoms with Crippen molar-refractivity contribution >= 4 is 29.4 Å². The number of rotatable bonds is 4. The summed E-state index contributed by atoms with van der Waals surface area (Å²) in [5.74, 6) is -0.920. The van der Waals surface area contributed by atoms with Crippen LogP contribution in [0.4, 0.5) is 0 Å². The molecule has 1 aromatic heterocycles. The zero-order valence-electron chi connectivity index (χ0n) is 13.5. The molecular weight excluding hydrogens is 344 g/mol. The zero-order valence-corrected chi connectivity index (χ0v) is 14.2. The molecule has 0 unspecified atom stereocenters. The number of amides is 2. The van der Waals surface area contributed by atoms with Crippen molar-refractivity contribution in [3.8, 4) is 5.69 Å². The lowest BCUT2D eigenvalue weighted by Gasteiger charge is -2.11. The molecule has 0 saturated heterocycles. The Morgan fingerprint density at radius 1 is 1.36 bits per heavy atom. The number of aromatic nitrogens is 2. The summed E-state index contributed by atoms with van der Waals surface area (Å²) in [6, 6.07) is 4.88. The highest BCUT2D eigenvalue weighted by molar-refractivity contribution is 6.32. The lowest BCUT2D eigenvalue weighted by atomic mass is 10.1. The number of guanidine groups is 1. The summed E-state index contributed by atoms with van der Waals surface area (Å²) in [5.41, 5.74) is 12.6. The molecule has 130 valence electrons. The molecule has 2 aromatic rings. The van der Waals surface area contributed by atoms with E-state index in [1.165, 1.54) is 6.20 Å². The highest BCUT2D eigenvalue weighted by Crippen LogP contribution is 2.43. The van der Waals surface area contributed by atoms with Crippen molar-refractivity contribution < 1.29 is 9.59 Å². The molecule has 1 aromatic carbocycles. The van der Waals surface area contributed by atoms with Gasteiger partial charge < -0.3 is 16.8 Å². The van der Waals surface area contributed by atoms with E-state index in [2.05, 4.69) is 15.4 Å². The summed E-state index contributed by atoms with van der Waals surface area (Å²) in [7, 11) is 1.55. The van der Waals surface area contributed by atoms with E-state index in [9.17, 15) is 9.59 Å². The molecule has 0 atom stereocenters. The van der Waals surface area contributed by atoms with Crippen LogP contribution in [0.25, 0.3) is 5.69 Å². The van der Waals surface area contributed by atoms with Crippen molar-refractivity contribution in [1.29, 1.82) is 0 Å². The number of carbonyl (C=O) groups is 2. The Balaban J connectivity index is 2.12. The van der Waals surface area contributed by atoms with Crippen LogP contribution in [0.1, 0.15) is 45.2 Å². The highest BCUT2D eigenvalue weighted by atomic mass is 35.5. The van der Waals surface area contributed by atoms with Crippen LogP contribution in [-0.2, 0) is 0 Å². The van der Waals surface area contributed by atoms with Crippen molar-refractivity contribution in [2.45, 2.75) is 18.8 Å². The van der Waals surface area contributed by atoms with Gasteiger partial charge in [0.1, 0.15) is 0 Å². The third kappa shape index (κ3) is 3.34. The van der Waals surface area contributed by atoms with Crippen LogP contribution < -0.4 is 16.8 Å². The minimum atomic E-state index is -0.549. The molecular formula is C16H17ClN6O2. The zero-order chi connectivity index (χ0) is 18.1. The van der Waals surface area contributed by atoms with Crippen LogP contribution in [0.3, 0.4) is 0 Å².